The number of sulfonamides is 1. The predicted molar refractivity (Wildman–Crippen MR) is 51.3 cm³/mol. The lowest BCUT2D eigenvalue weighted by Gasteiger charge is -2.05. The van der Waals surface area contributed by atoms with Crippen LogP contribution in [0.4, 0.5) is 5.69 Å². The zero-order valence-corrected chi connectivity index (χ0v) is 8.17. The third-order valence-corrected chi connectivity index (χ3v) is 2.01. The Hall–Kier alpha value is -1.74. The minimum Gasteiger partial charge on any atom is -0.506 e. The zero-order chi connectivity index (χ0) is 10.8. The number of benzene rings is 1. The molecule has 0 aliphatic rings. The summed E-state index contributed by atoms with van der Waals surface area (Å²) in [5, 5.41) is 17.8. The van der Waals surface area contributed by atoms with Crippen molar-refractivity contribution in [3.05, 3.63) is 23.8 Å². The smallest absolute Gasteiger partial charge is 0.229 e. The Kier molecular flexibility index (Phi) is 2.63. The van der Waals surface area contributed by atoms with Crippen LogP contribution in [0.2, 0.25) is 0 Å². The Morgan fingerprint density at radius 3 is 2.64 bits per heavy atom. The van der Waals surface area contributed by atoms with Gasteiger partial charge in [0.2, 0.25) is 10.0 Å². The van der Waals surface area contributed by atoms with E-state index in [1.165, 1.54) is 18.2 Å². The van der Waals surface area contributed by atoms with Gasteiger partial charge in [-0.05, 0) is 18.2 Å². The number of aromatic hydroxyl groups is 1. The lowest BCUT2D eigenvalue weighted by molar-refractivity contribution is 0.477. The van der Waals surface area contributed by atoms with E-state index in [0.717, 1.165) is 6.26 Å². The molecule has 0 saturated heterocycles. The summed E-state index contributed by atoms with van der Waals surface area (Å²) in [5.74, 6) is -0.213. The molecule has 1 rings (SSSR count). The Labute approximate surface area is 81.7 Å². The molecule has 0 amide bonds. The first-order valence-electron chi connectivity index (χ1n) is 3.63. The maximum absolute atomic E-state index is 10.8. The lowest BCUT2D eigenvalue weighted by atomic mass is 10.2. The van der Waals surface area contributed by atoms with Crippen molar-refractivity contribution in [2.45, 2.75) is 0 Å². The molecule has 5 nitrogen and oxygen atoms in total. The second-order valence-corrected chi connectivity index (χ2v) is 4.47. The van der Waals surface area contributed by atoms with Gasteiger partial charge in [0.1, 0.15) is 5.75 Å². The Morgan fingerprint density at radius 2 is 2.14 bits per heavy atom. The summed E-state index contributed by atoms with van der Waals surface area (Å²) in [4.78, 5) is 0. The van der Waals surface area contributed by atoms with E-state index in [-0.39, 0.29) is 17.0 Å². The highest BCUT2D eigenvalue weighted by Gasteiger charge is 2.07. The molecule has 0 aromatic heterocycles. The third kappa shape index (κ3) is 2.64. The van der Waals surface area contributed by atoms with Crippen LogP contribution < -0.4 is 4.72 Å². The summed E-state index contributed by atoms with van der Waals surface area (Å²) in [6.45, 7) is 0. The fourth-order valence-electron chi connectivity index (χ4n) is 0.887. The summed E-state index contributed by atoms with van der Waals surface area (Å²) < 4.78 is 23.8. The summed E-state index contributed by atoms with van der Waals surface area (Å²) in [5.41, 5.74) is 0.278. The van der Waals surface area contributed by atoms with E-state index in [9.17, 15) is 13.5 Å². The molecule has 0 heterocycles. The van der Waals surface area contributed by atoms with Crippen LogP contribution in [0.3, 0.4) is 0 Å². The van der Waals surface area contributed by atoms with Crippen molar-refractivity contribution < 1.29 is 13.5 Å². The van der Waals surface area contributed by atoms with Crippen molar-refractivity contribution in [2.24, 2.45) is 0 Å². The van der Waals surface area contributed by atoms with Gasteiger partial charge in [-0.15, -0.1) is 0 Å². The van der Waals surface area contributed by atoms with Crippen LogP contribution in [0.25, 0.3) is 0 Å². The first kappa shape index (κ1) is 10.3. The van der Waals surface area contributed by atoms with Crippen molar-refractivity contribution >= 4 is 15.7 Å². The second kappa shape index (κ2) is 3.55. The van der Waals surface area contributed by atoms with Crippen LogP contribution >= 0.6 is 0 Å². The van der Waals surface area contributed by atoms with Crippen LogP contribution in [0.5, 0.6) is 5.75 Å². The van der Waals surface area contributed by atoms with Crippen LogP contribution in [-0.4, -0.2) is 19.8 Å². The van der Waals surface area contributed by atoms with Gasteiger partial charge in [0.05, 0.1) is 23.6 Å². The van der Waals surface area contributed by atoms with Crippen molar-refractivity contribution in [3.8, 4) is 11.8 Å². The molecule has 0 bridgehead atoms. The Bertz CT molecular complexity index is 488. The van der Waals surface area contributed by atoms with Crippen LogP contribution in [0.1, 0.15) is 5.56 Å². The molecule has 2 N–H and O–H groups in total. The van der Waals surface area contributed by atoms with E-state index in [1.807, 2.05) is 6.07 Å². The second-order valence-electron chi connectivity index (χ2n) is 2.72. The highest BCUT2D eigenvalue weighted by Crippen LogP contribution is 2.24. The van der Waals surface area contributed by atoms with Gasteiger partial charge in [0.15, 0.2) is 0 Å². The average Bonchev–Trinajstić information content (AvgIpc) is 2.06. The van der Waals surface area contributed by atoms with Gasteiger partial charge < -0.3 is 5.11 Å². The van der Waals surface area contributed by atoms with Crippen molar-refractivity contribution in [3.63, 3.8) is 0 Å². The standard InChI is InChI=1S/C8H8N2O3S/c1-14(12,13)10-7-4-6(5-9)2-3-8(7)11/h2-4,10-11H,1H3. The van der Waals surface area contributed by atoms with Gasteiger partial charge in [-0.3, -0.25) is 4.72 Å². The van der Waals surface area contributed by atoms with E-state index in [4.69, 9.17) is 5.26 Å². The fourth-order valence-corrected chi connectivity index (χ4v) is 1.45. The van der Waals surface area contributed by atoms with E-state index >= 15 is 0 Å². The molecule has 0 saturated carbocycles. The first-order valence-corrected chi connectivity index (χ1v) is 5.52. The quantitative estimate of drug-likeness (QED) is 0.704. The van der Waals surface area contributed by atoms with Crippen molar-refractivity contribution in [1.82, 2.24) is 0 Å². The zero-order valence-electron chi connectivity index (χ0n) is 7.35. The molecule has 0 aliphatic heterocycles. The number of phenols is 1. The minimum absolute atomic E-state index is 0.00606. The van der Waals surface area contributed by atoms with E-state index in [2.05, 4.69) is 4.72 Å². The molecule has 0 atom stereocenters. The van der Waals surface area contributed by atoms with E-state index < -0.39 is 10.0 Å². The monoisotopic (exact) mass is 212 g/mol. The number of nitriles is 1. The minimum atomic E-state index is -3.44. The molecule has 74 valence electrons. The molecule has 0 aliphatic carbocycles. The summed E-state index contributed by atoms with van der Waals surface area (Å²) in [6.07, 6.45) is 0.964. The van der Waals surface area contributed by atoms with E-state index in [1.54, 1.807) is 0 Å². The molecular formula is C8H8N2O3S. The lowest BCUT2D eigenvalue weighted by Crippen LogP contribution is -2.09. The number of hydrogen-bond donors (Lipinski definition) is 2. The maximum Gasteiger partial charge on any atom is 0.229 e. The predicted octanol–water partition coefficient (Wildman–Crippen LogP) is 0.635. The molecule has 1 aromatic rings. The number of nitrogens with zero attached hydrogens (tertiary/aromatic N) is 1. The summed E-state index contributed by atoms with van der Waals surface area (Å²) in [6, 6.07) is 5.74. The number of nitrogens with one attached hydrogen (secondary N) is 1. The van der Waals surface area contributed by atoms with Crippen LogP contribution in [0.15, 0.2) is 18.2 Å². The third-order valence-electron chi connectivity index (χ3n) is 1.42. The number of anilines is 1. The highest BCUT2D eigenvalue weighted by molar-refractivity contribution is 7.92. The normalized spacial score (nSPS) is 10.6. The molecule has 1 aromatic carbocycles. The Balaban J connectivity index is 3.15. The van der Waals surface area contributed by atoms with Crippen LogP contribution in [-0.2, 0) is 10.0 Å². The van der Waals surface area contributed by atoms with E-state index in [0.29, 0.717) is 0 Å². The first-order chi connectivity index (χ1) is 6.42. The van der Waals surface area contributed by atoms with Gasteiger partial charge >= 0.3 is 0 Å². The molecule has 0 radical (unpaired) electrons. The van der Waals surface area contributed by atoms with Gasteiger partial charge in [0, 0.05) is 0 Å². The molecular weight excluding hydrogens is 204 g/mol. The van der Waals surface area contributed by atoms with Gasteiger partial charge in [-0.2, -0.15) is 5.26 Å². The molecule has 14 heavy (non-hydrogen) atoms. The number of hydrogen-bond acceptors (Lipinski definition) is 4. The van der Waals surface area contributed by atoms with Crippen molar-refractivity contribution in [1.29, 1.82) is 5.26 Å². The molecule has 0 unspecified atom stereocenters. The summed E-state index contributed by atoms with van der Waals surface area (Å²) in [7, 11) is -3.44. The number of rotatable bonds is 2. The van der Waals surface area contributed by atoms with Crippen LogP contribution in [0, 0.1) is 11.3 Å². The van der Waals surface area contributed by atoms with Crippen molar-refractivity contribution in [2.75, 3.05) is 11.0 Å². The number of phenolic OH excluding ortho intramolecular Hbond substituents is 1. The SMILES string of the molecule is CS(=O)(=O)Nc1cc(C#N)ccc1O. The Morgan fingerprint density at radius 1 is 1.50 bits per heavy atom. The molecule has 0 spiro atoms. The average molecular weight is 212 g/mol. The fraction of sp³-hybridized carbons (Fsp3) is 0.125. The summed E-state index contributed by atoms with van der Waals surface area (Å²) >= 11 is 0. The largest absolute Gasteiger partial charge is 0.506 e. The molecule has 6 heteroatoms. The molecule has 0 fully saturated rings. The van der Waals surface area contributed by atoms with Gasteiger partial charge in [0.25, 0.3) is 0 Å². The highest BCUT2D eigenvalue weighted by atomic mass is 32.2. The van der Waals surface area contributed by atoms with Gasteiger partial charge in [-0.25, -0.2) is 8.42 Å². The maximum atomic E-state index is 10.8. The topological polar surface area (TPSA) is 90.2 Å². The van der Waals surface area contributed by atoms with Gasteiger partial charge in [-0.1, -0.05) is 0 Å².